The topological polar surface area (TPSA) is 34.1 Å². The number of halogens is 2. The highest BCUT2D eigenvalue weighted by atomic mass is 35.5. The van der Waals surface area contributed by atoms with Crippen LogP contribution in [0.3, 0.4) is 0 Å². The number of Topliss-reactive ketones (excluding diaryl/α,β-unsaturated/α-hetero) is 2. The van der Waals surface area contributed by atoms with E-state index >= 15 is 0 Å². The summed E-state index contributed by atoms with van der Waals surface area (Å²) in [6.07, 6.45) is 3.08. The standard InChI is InChI=1S/C14H16ClFO2/c1-2-3-4-5-11(17)9-14(18)12-7-6-10(16)8-13(12)15/h6-8H,2-5,9H2,1H3. The van der Waals surface area contributed by atoms with Crippen molar-refractivity contribution < 1.29 is 14.0 Å². The quantitative estimate of drug-likeness (QED) is 0.423. The van der Waals surface area contributed by atoms with Gasteiger partial charge in [-0.15, -0.1) is 0 Å². The molecule has 0 N–H and O–H groups in total. The molecule has 0 aliphatic heterocycles. The third-order valence-corrected chi connectivity index (χ3v) is 2.96. The molecule has 0 bridgehead atoms. The Morgan fingerprint density at radius 1 is 1.28 bits per heavy atom. The summed E-state index contributed by atoms with van der Waals surface area (Å²) in [5.41, 5.74) is 0.210. The van der Waals surface area contributed by atoms with Crippen LogP contribution in [0.2, 0.25) is 5.02 Å². The zero-order valence-electron chi connectivity index (χ0n) is 10.3. The van der Waals surface area contributed by atoms with Gasteiger partial charge in [0.15, 0.2) is 5.78 Å². The number of ketones is 2. The van der Waals surface area contributed by atoms with Crippen LogP contribution in [0.5, 0.6) is 0 Å². The molecule has 0 aliphatic rings. The Kier molecular flexibility index (Phi) is 5.99. The summed E-state index contributed by atoms with van der Waals surface area (Å²) in [4.78, 5) is 23.3. The van der Waals surface area contributed by atoms with Crippen molar-refractivity contribution >= 4 is 23.2 Å². The van der Waals surface area contributed by atoms with Gasteiger partial charge in [0.25, 0.3) is 0 Å². The Labute approximate surface area is 111 Å². The fraction of sp³-hybridized carbons (Fsp3) is 0.429. The van der Waals surface area contributed by atoms with Gasteiger partial charge in [0.05, 0.1) is 11.4 Å². The van der Waals surface area contributed by atoms with Crippen molar-refractivity contribution in [2.24, 2.45) is 0 Å². The summed E-state index contributed by atoms with van der Waals surface area (Å²) in [5, 5.41) is 0.0568. The van der Waals surface area contributed by atoms with Gasteiger partial charge >= 0.3 is 0 Å². The lowest BCUT2D eigenvalue weighted by molar-refractivity contribution is -0.118. The van der Waals surface area contributed by atoms with E-state index in [4.69, 9.17) is 11.6 Å². The average Bonchev–Trinajstić information content (AvgIpc) is 2.28. The molecule has 0 saturated heterocycles. The SMILES string of the molecule is CCCCCC(=O)CC(=O)c1ccc(F)cc1Cl. The number of benzene rings is 1. The van der Waals surface area contributed by atoms with Crippen LogP contribution in [-0.2, 0) is 4.79 Å². The Hall–Kier alpha value is -1.22. The van der Waals surface area contributed by atoms with E-state index in [1.165, 1.54) is 12.1 Å². The summed E-state index contributed by atoms with van der Waals surface area (Å²) in [5.74, 6) is -0.929. The maximum atomic E-state index is 12.8. The summed E-state index contributed by atoms with van der Waals surface area (Å²) < 4.78 is 12.8. The molecule has 0 aliphatic carbocycles. The highest BCUT2D eigenvalue weighted by molar-refractivity contribution is 6.34. The van der Waals surface area contributed by atoms with Gasteiger partial charge in [-0.05, 0) is 24.6 Å². The molecule has 0 radical (unpaired) electrons. The molecule has 0 amide bonds. The molecular weight excluding hydrogens is 255 g/mol. The van der Waals surface area contributed by atoms with Gasteiger partial charge in [-0.3, -0.25) is 9.59 Å². The van der Waals surface area contributed by atoms with Crippen molar-refractivity contribution in [1.29, 1.82) is 0 Å². The van der Waals surface area contributed by atoms with E-state index in [0.717, 1.165) is 25.3 Å². The van der Waals surface area contributed by atoms with E-state index in [-0.39, 0.29) is 28.6 Å². The minimum atomic E-state index is -0.495. The molecule has 0 spiro atoms. The highest BCUT2D eigenvalue weighted by Gasteiger charge is 2.14. The second-order valence-corrected chi connectivity index (χ2v) is 4.63. The van der Waals surface area contributed by atoms with E-state index < -0.39 is 5.82 Å². The first-order valence-electron chi connectivity index (χ1n) is 6.04. The van der Waals surface area contributed by atoms with E-state index in [1.54, 1.807) is 0 Å². The minimum Gasteiger partial charge on any atom is -0.299 e. The lowest BCUT2D eigenvalue weighted by atomic mass is 10.0. The molecule has 0 aromatic heterocycles. The molecule has 4 heteroatoms. The average molecular weight is 271 g/mol. The van der Waals surface area contributed by atoms with Crippen molar-refractivity contribution in [2.75, 3.05) is 0 Å². The number of carbonyl (C=O) groups is 2. The fourth-order valence-electron chi connectivity index (χ4n) is 1.65. The maximum absolute atomic E-state index is 12.8. The van der Waals surface area contributed by atoms with Gasteiger partial charge < -0.3 is 0 Å². The van der Waals surface area contributed by atoms with Crippen LogP contribution in [0, 0.1) is 5.82 Å². The Morgan fingerprint density at radius 3 is 2.61 bits per heavy atom. The second kappa shape index (κ2) is 7.27. The van der Waals surface area contributed by atoms with Crippen molar-refractivity contribution in [3.8, 4) is 0 Å². The largest absolute Gasteiger partial charge is 0.299 e. The van der Waals surface area contributed by atoms with Crippen LogP contribution in [0.25, 0.3) is 0 Å². The number of carbonyl (C=O) groups excluding carboxylic acids is 2. The zero-order valence-corrected chi connectivity index (χ0v) is 11.1. The molecule has 1 rings (SSSR count). The monoisotopic (exact) mass is 270 g/mol. The third-order valence-electron chi connectivity index (χ3n) is 2.65. The first-order valence-corrected chi connectivity index (χ1v) is 6.42. The van der Waals surface area contributed by atoms with Gasteiger partial charge in [-0.2, -0.15) is 0 Å². The predicted octanol–water partition coefficient (Wildman–Crippen LogP) is 4.20. The van der Waals surface area contributed by atoms with Crippen LogP contribution in [0.15, 0.2) is 18.2 Å². The Bertz CT molecular complexity index is 443. The molecule has 1 aromatic carbocycles. The third kappa shape index (κ3) is 4.57. The normalized spacial score (nSPS) is 10.4. The molecule has 0 heterocycles. The molecule has 2 nitrogen and oxygen atoms in total. The van der Waals surface area contributed by atoms with E-state index in [1.807, 2.05) is 6.92 Å². The van der Waals surface area contributed by atoms with Gasteiger partial charge in [0.2, 0.25) is 0 Å². The first-order chi connectivity index (χ1) is 8.54. The van der Waals surface area contributed by atoms with E-state index in [0.29, 0.717) is 6.42 Å². The Balaban J connectivity index is 2.57. The smallest absolute Gasteiger partial charge is 0.171 e. The number of rotatable bonds is 7. The molecule has 0 unspecified atom stereocenters. The van der Waals surface area contributed by atoms with Crippen molar-refractivity contribution in [3.05, 3.63) is 34.6 Å². The van der Waals surface area contributed by atoms with Gasteiger partial charge in [-0.25, -0.2) is 4.39 Å². The maximum Gasteiger partial charge on any atom is 0.171 e. The van der Waals surface area contributed by atoms with Crippen molar-refractivity contribution in [2.45, 2.75) is 39.0 Å². The van der Waals surface area contributed by atoms with Gasteiger partial charge in [-0.1, -0.05) is 31.4 Å². The fourth-order valence-corrected chi connectivity index (χ4v) is 1.92. The molecular formula is C14H16ClFO2. The van der Waals surface area contributed by atoms with Crippen molar-refractivity contribution in [1.82, 2.24) is 0 Å². The van der Waals surface area contributed by atoms with Gasteiger partial charge in [0.1, 0.15) is 11.6 Å². The second-order valence-electron chi connectivity index (χ2n) is 4.22. The predicted molar refractivity (Wildman–Crippen MR) is 69.5 cm³/mol. The van der Waals surface area contributed by atoms with Crippen LogP contribution >= 0.6 is 11.6 Å². The first kappa shape index (κ1) is 14.8. The van der Waals surface area contributed by atoms with Gasteiger partial charge in [0, 0.05) is 12.0 Å². The van der Waals surface area contributed by atoms with E-state index in [9.17, 15) is 14.0 Å². The van der Waals surface area contributed by atoms with E-state index in [2.05, 4.69) is 0 Å². The lowest BCUT2D eigenvalue weighted by Crippen LogP contribution is -2.08. The highest BCUT2D eigenvalue weighted by Crippen LogP contribution is 2.19. The number of hydrogen-bond acceptors (Lipinski definition) is 2. The lowest BCUT2D eigenvalue weighted by Gasteiger charge is -2.03. The summed E-state index contributed by atoms with van der Waals surface area (Å²) in [7, 11) is 0. The molecule has 0 fully saturated rings. The summed E-state index contributed by atoms with van der Waals surface area (Å²) in [6, 6.07) is 3.57. The zero-order chi connectivity index (χ0) is 13.5. The van der Waals surface area contributed by atoms with Crippen LogP contribution in [0.1, 0.15) is 49.4 Å². The molecule has 0 atom stereocenters. The molecule has 18 heavy (non-hydrogen) atoms. The van der Waals surface area contributed by atoms with Crippen LogP contribution in [0.4, 0.5) is 4.39 Å². The molecule has 1 aromatic rings. The van der Waals surface area contributed by atoms with Crippen LogP contribution in [-0.4, -0.2) is 11.6 Å². The molecule has 0 saturated carbocycles. The van der Waals surface area contributed by atoms with Crippen molar-refractivity contribution in [3.63, 3.8) is 0 Å². The minimum absolute atomic E-state index is 0.0568. The number of hydrogen-bond donors (Lipinski definition) is 0. The summed E-state index contributed by atoms with van der Waals surface area (Å²) in [6.45, 7) is 2.05. The Morgan fingerprint density at radius 2 is 2.00 bits per heavy atom. The summed E-state index contributed by atoms with van der Waals surface area (Å²) >= 11 is 5.76. The molecule has 98 valence electrons. The number of unbranched alkanes of at least 4 members (excludes halogenated alkanes) is 2. The van der Waals surface area contributed by atoms with Crippen LogP contribution < -0.4 is 0 Å².